The van der Waals surface area contributed by atoms with Gasteiger partial charge in [-0.25, -0.2) is 14.4 Å². The monoisotopic (exact) mass is 487 g/mol. The number of hydrogen-bond acceptors (Lipinski definition) is 6. The van der Waals surface area contributed by atoms with Gasteiger partial charge in [0.05, 0.1) is 18.5 Å². The number of nitrogens with two attached hydrogens (primary N) is 1. The van der Waals surface area contributed by atoms with E-state index in [1.54, 1.807) is 42.1 Å². The number of pyridine rings is 1. The number of nitrogens with one attached hydrogen (secondary N) is 1. The van der Waals surface area contributed by atoms with E-state index < -0.39 is 11.7 Å². The van der Waals surface area contributed by atoms with Crippen LogP contribution in [0.25, 0.3) is 22.5 Å². The highest BCUT2D eigenvalue weighted by Gasteiger charge is 2.21. The van der Waals surface area contributed by atoms with Gasteiger partial charge in [0.2, 0.25) is 0 Å². The number of ether oxygens (including phenoxy) is 1. The first-order valence-electron chi connectivity index (χ1n) is 11.3. The lowest BCUT2D eigenvalue weighted by atomic mass is 10.0. The van der Waals surface area contributed by atoms with Crippen LogP contribution < -0.4 is 21.3 Å². The Morgan fingerprint density at radius 1 is 1.03 bits per heavy atom. The van der Waals surface area contributed by atoms with E-state index >= 15 is 0 Å². The quantitative estimate of drug-likeness (QED) is 0.404. The molecule has 0 spiro atoms. The molecule has 0 saturated heterocycles. The van der Waals surface area contributed by atoms with Gasteiger partial charge in [0, 0.05) is 41.5 Å². The van der Waals surface area contributed by atoms with Crippen molar-refractivity contribution in [2.75, 3.05) is 12.8 Å². The van der Waals surface area contributed by atoms with E-state index in [1.807, 2.05) is 32.0 Å². The van der Waals surface area contributed by atoms with E-state index in [4.69, 9.17) is 10.5 Å². The lowest BCUT2D eigenvalue weighted by Gasteiger charge is -2.16. The van der Waals surface area contributed by atoms with Crippen LogP contribution in [0.2, 0.25) is 0 Å². The fourth-order valence-electron chi connectivity index (χ4n) is 3.78. The molecule has 0 unspecified atom stereocenters. The third-order valence-electron chi connectivity index (χ3n) is 5.66. The normalized spacial score (nSPS) is 10.9. The van der Waals surface area contributed by atoms with Crippen LogP contribution in [0.4, 0.5) is 10.2 Å². The molecular weight excluding hydrogens is 461 g/mol. The van der Waals surface area contributed by atoms with Gasteiger partial charge in [-0.2, -0.15) is 0 Å². The van der Waals surface area contributed by atoms with Crippen molar-refractivity contribution in [2.45, 2.75) is 26.4 Å². The number of methoxy groups -OCH3 is 1. The number of para-hydroxylation sites is 1. The van der Waals surface area contributed by atoms with Crippen LogP contribution in [0.15, 0.2) is 71.7 Å². The summed E-state index contributed by atoms with van der Waals surface area (Å²) in [7, 11) is 1.56. The highest BCUT2D eigenvalue weighted by molar-refractivity contribution is 5.98. The summed E-state index contributed by atoms with van der Waals surface area (Å²) in [5, 5.41) is 2.81. The Morgan fingerprint density at radius 3 is 2.39 bits per heavy atom. The lowest BCUT2D eigenvalue weighted by Crippen LogP contribution is -2.26. The second-order valence-corrected chi connectivity index (χ2v) is 8.41. The zero-order valence-electron chi connectivity index (χ0n) is 20.2. The molecule has 3 N–H and O–H groups in total. The maximum atomic E-state index is 13.6. The summed E-state index contributed by atoms with van der Waals surface area (Å²) in [6, 6.07) is 16.0. The average Bonchev–Trinajstić information content (AvgIpc) is 2.88. The third-order valence-corrected chi connectivity index (χ3v) is 5.66. The Kier molecular flexibility index (Phi) is 7.10. The predicted octanol–water partition coefficient (Wildman–Crippen LogP) is 4.21. The van der Waals surface area contributed by atoms with Crippen molar-refractivity contribution in [3.05, 3.63) is 94.3 Å². The molecule has 0 atom stereocenters. The molecule has 0 saturated carbocycles. The summed E-state index contributed by atoms with van der Waals surface area (Å²) >= 11 is 0. The molecule has 2 aromatic carbocycles. The number of benzene rings is 2. The molecule has 0 aliphatic rings. The van der Waals surface area contributed by atoms with Crippen LogP contribution in [0.5, 0.6) is 5.75 Å². The molecule has 8 nitrogen and oxygen atoms in total. The van der Waals surface area contributed by atoms with Gasteiger partial charge < -0.3 is 20.4 Å². The van der Waals surface area contributed by atoms with E-state index in [2.05, 4.69) is 15.3 Å². The zero-order valence-corrected chi connectivity index (χ0v) is 20.2. The Hall–Kier alpha value is -4.53. The van der Waals surface area contributed by atoms with E-state index in [1.165, 1.54) is 18.2 Å². The summed E-state index contributed by atoms with van der Waals surface area (Å²) in [6.45, 7) is 3.96. The molecule has 36 heavy (non-hydrogen) atoms. The van der Waals surface area contributed by atoms with Crippen LogP contribution in [-0.2, 0) is 6.54 Å². The third kappa shape index (κ3) is 5.10. The molecule has 0 radical (unpaired) electrons. The van der Waals surface area contributed by atoms with Crippen LogP contribution in [0.3, 0.4) is 0 Å². The minimum Gasteiger partial charge on any atom is -0.496 e. The first kappa shape index (κ1) is 24.6. The van der Waals surface area contributed by atoms with Crippen LogP contribution >= 0.6 is 0 Å². The maximum Gasteiger partial charge on any atom is 0.274 e. The number of anilines is 1. The number of carbonyl (C=O) groups is 1. The van der Waals surface area contributed by atoms with Gasteiger partial charge in [0.1, 0.15) is 11.6 Å². The first-order valence-corrected chi connectivity index (χ1v) is 11.3. The van der Waals surface area contributed by atoms with Crippen LogP contribution in [0, 0.1) is 5.82 Å². The summed E-state index contributed by atoms with van der Waals surface area (Å²) in [6.07, 6.45) is 1.66. The average molecular weight is 488 g/mol. The molecular formula is C27H26FN5O3. The molecule has 0 fully saturated rings. The number of carbonyl (C=O) groups excluding carboxylic acids is 1. The fraction of sp³-hybridized carbons (Fsp3) is 0.185. The van der Waals surface area contributed by atoms with E-state index in [0.29, 0.717) is 28.3 Å². The van der Waals surface area contributed by atoms with Crippen molar-refractivity contribution >= 4 is 11.7 Å². The SMILES string of the molecule is COc1ccccc1CNC(=O)c1nc(-c2ccc(=O)n(C(C)C)c2)c(-c2ccc(F)cc2)nc1N. The number of nitrogens with zero attached hydrogens (tertiary/aromatic N) is 3. The highest BCUT2D eigenvalue weighted by Crippen LogP contribution is 2.31. The van der Waals surface area contributed by atoms with Crippen molar-refractivity contribution in [3.8, 4) is 28.3 Å². The first-order chi connectivity index (χ1) is 17.3. The van der Waals surface area contributed by atoms with Crippen molar-refractivity contribution < 1.29 is 13.9 Å². The Morgan fingerprint density at radius 2 is 1.69 bits per heavy atom. The second kappa shape index (κ2) is 10.4. The zero-order chi connectivity index (χ0) is 25.8. The lowest BCUT2D eigenvalue weighted by molar-refractivity contribution is 0.0946. The van der Waals surface area contributed by atoms with Gasteiger partial charge in [-0.15, -0.1) is 0 Å². The van der Waals surface area contributed by atoms with Gasteiger partial charge in [-0.1, -0.05) is 18.2 Å². The number of amides is 1. The van der Waals surface area contributed by atoms with Gasteiger partial charge >= 0.3 is 0 Å². The van der Waals surface area contributed by atoms with Crippen molar-refractivity contribution in [3.63, 3.8) is 0 Å². The van der Waals surface area contributed by atoms with Gasteiger partial charge in [0.25, 0.3) is 11.5 Å². The van der Waals surface area contributed by atoms with E-state index in [-0.39, 0.29) is 29.7 Å². The fourth-order valence-corrected chi connectivity index (χ4v) is 3.78. The molecule has 2 heterocycles. The van der Waals surface area contributed by atoms with Crippen molar-refractivity contribution in [2.24, 2.45) is 0 Å². The smallest absolute Gasteiger partial charge is 0.274 e. The summed E-state index contributed by atoms with van der Waals surface area (Å²) < 4.78 is 20.5. The Bertz CT molecular complexity index is 1470. The maximum absolute atomic E-state index is 13.6. The molecule has 0 aliphatic heterocycles. The number of hydrogen-bond donors (Lipinski definition) is 2. The molecule has 0 bridgehead atoms. The Balaban J connectivity index is 1.79. The summed E-state index contributed by atoms with van der Waals surface area (Å²) in [5.41, 5.74) is 8.56. The van der Waals surface area contributed by atoms with Crippen LogP contribution in [-0.4, -0.2) is 27.6 Å². The molecule has 184 valence electrons. The molecule has 4 aromatic rings. The topological polar surface area (TPSA) is 112 Å². The standard InChI is InChI=1S/C27H26FN5O3/c1-16(2)33-15-19(10-13-22(33)34)24-23(17-8-11-20(28)12-9-17)32-26(29)25(31-24)27(35)30-14-18-6-4-5-7-21(18)36-3/h4-13,15-16H,14H2,1-3H3,(H2,29,32)(H,30,35). The van der Waals surface area contributed by atoms with Crippen LogP contribution in [0.1, 0.15) is 35.9 Å². The number of halogens is 1. The van der Waals surface area contributed by atoms with Gasteiger partial charge in [-0.05, 0) is 50.2 Å². The minimum absolute atomic E-state index is 0.0620. The molecule has 0 aliphatic carbocycles. The van der Waals surface area contributed by atoms with Crippen molar-refractivity contribution in [1.82, 2.24) is 19.9 Å². The Labute approximate surface area is 207 Å². The van der Waals surface area contributed by atoms with E-state index in [0.717, 1.165) is 5.56 Å². The second-order valence-electron chi connectivity index (χ2n) is 8.41. The van der Waals surface area contributed by atoms with E-state index in [9.17, 15) is 14.0 Å². The highest BCUT2D eigenvalue weighted by atomic mass is 19.1. The van der Waals surface area contributed by atoms with Gasteiger partial charge in [-0.3, -0.25) is 9.59 Å². The molecule has 4 rings (SSSR count). The minimum atomic E-state index is -0.519. The van der Waals surface area contributed by atoms with Crippen molar-refractivity contribution in [1.29, 1.82) is 0 Å². The number of nitrogen functional groups attached to an aromatic ring is 1. The number of aromatic nitrogens is 3. The molecule has 9 heteroatoms. The summed E-state index contributed by atoms with van der Waals surface area (Å²) in [5.74, 6) is -0.357. The predicted molar refractivity (Wildman–Crippen MR) is 136 cm³/mol. The molecule has 2 aromatic heterocycles. The number of rotatable bonds is 7. The molecule has 1 amide bonds. The largest absolute Gasteiger partial charge is 0.496 e. The summed E-state index contributed by atoms with van der Waals surface area (Å²) in [4.78, 5) is 34.5. The van der Waals surface area contributed by atoms with Gasteiger partial charge in [0.15, 0.2) is 11.5 Å².